The van der Waals surface area contributed by atoms with Crippen molar-refractivity contribution >= 4 is 51.4 Å². The van der Waals surface area contributed by atoms with Crippen molar-refractivity contribution < 1.29 is 24.0 Å². The average Bonchev–Trinajstić information content (AvgIpc) is 3.50. The van der Waals surface area contributed by atoms with E-state index in [9.17, 15) is 29.2 Å². The first-order valence-corrected chi connectivity index (χ1v) is 12.8. The molecular weight excluding hydrogens is 533 g/mol. The minimum Gasteiger partial charge on any atom is -0.507 e. The quantitative estimate of drug-likeness (QED) is 0.0648. The van der Waals surface area contributed by atoms with Crippen LogP contribution in [0.4, 0.5) is 15.2 Å². The highest BCUT2D eigenvalue weighted by Gasteiger charge is 2.48. The van der Waals surface area contributed by atoms with Gasteiger partial charge in [0.1, 0.15) is 11.6 Å². The topological polar surface area (TPSA) is 139 Å². The Morgan fingerprint density at radius 2 is 1.87 bits per heavy atom. The largest absolute Gasteiger partial charge is 0.507 e. The number of nitrogens with zero attached hydrogens (tertiary/aromatic N) is 5. The minimum absolute atomic E-state index is 0.0495. The molecule has 1 saturated heterocycles. The van der Waals surface area contributed by atoms with Crippen LogP contribution < -0.4 is 4.90 Å². The number of nitro benzene ring substituents is 1. The molecule has 4 aromatic rings. The number of amides is 1. The monoisotopic (exact) mass is 549 g/mol. The fourth-order valence-electron chi connectivity index (χ4n) is 3.93. The van der Waals surface area contributed by atoms with Gasteiger partial charge in [-0.15, -0.1) is 10.2 Å². The fraction of sp³-hybridized carbons (Fsp3) is 0.0800. The van der Waals surface area contributed by atoms with Gasteiger partial charge in [-0.05, 0) is 29.3 Å². The number of rotatable bonds is 7. The number of hydrogen-bond donors (Lipinski definition) is 1. The molecular formula is C25H16FN5O5S2. The van der Waals surface area contributed by atoms with Crippen LogP contribution in [0.5, 0.6) is 0 Å². The zero-order valence-corrected chi connectivity index (χ0v) is 20.9. The lowest BCUT2D eigenvalue weighted by Crippen LogP contribution is -2.29. The van der Waals surface area contributed by atoms with E-state index in [0.29, 0.717) is 9.90 Å². The molecule has 1 amide bonds. The van der Waals surface area contributed by atoms with Crippen molar-refractivity contribution in [2.24, 2.45) is 0 Å². The Labute approximate surface area is 222 Å². The van der Waals surface area contributed by atoms with Crippen LogP contribution in [-0.4, -0.2) is 36.9 Å². The standard InChI is InChI=1S/C25H16FN5O5S2/c26-18-7-2-1-4-16(18)13-37-25-29-28-24(38-25)30-20(15-5-3-6-17(12-15)31(35)36)19(22(33)23(30)34)21(32)14-8-10-27-11-9-14/h1-12,20,32H,13H2. The van der Waals surface area contributed by atoms with Crippen LogP contribution in [0.3, 0.4) is 0 Å². The molecule has 13 heteroatoms. The van der Waals surface area contributed by atoms with E-state index in [1.165, 1.54) is 66.6 Å². The predicted octanol–water partition coefficient (Wildman–Crippen LogP) is 4.90. The number of aromatic nitrogens is 3. The Kier molecular flexibility index (Phi) is 6.94. The number of Topliss-reactive ketones (excluding diaryl/α,β-unsaturated/α-hetero) is 1. The Balaban J connectivity index is 1.57. The molecule has 0 spiro atoms. The van der Waals surface area contributed by atoms with E-state index in [2.05, 4.69) is 15.2 Å². The van der Waals surface area contributed by atoms with E-state index in [0.717, 1.165) is 16.2 Å². The number of carbonyl (C=O) groups is 2. The van der Waals surface area contributed by atoms with Gasteiger partial charge in [-0.1, -0.05) is 53.4 Å². The lowest BCUT2D eigenvalue weighted by molar-refractivity contribution is -0.384. The summed E-state index contributed by atoms with van der Waals surface area (Å²) in [5, 5.41) is 30.7. The summed E-state index contributed by atoms with van der Waals surface area (Å²) >= 11 is 2.20. The average molecular weight is 550 g/mol. The van der Waals surface area contributed by atoms with E-state index in [-0.39, 0.29) is 39.1 Å². The van der Waals surface area contributed by atoms with Gasteiger partial charge in [-0.3, -0.25) is 29.6 Å². The Hall–Kier alpha value is -4.49. The van der Waals surface area contributed by atoms with Gasteiger partial charge in [0.2, 0.25) is 5.13 Å². The second-order valence-electron chi connectivity index (χ2n) is 7.99. The summed E-state index contributed by atoms with van der Waals surface area (Å²) < 4.78 is 14.4. The molecule has 1 fully saturated rings. The summed E-state index contributed by atoms with van der Waals surface area (Å²) in [6, 6.07) is 13.5. The lowest BCUT2D eigenvalue weighted by Gasteiger charge is -2.22. The number of non-ortho nitro benzene ring substituents is 1. The van der Waals surface area contributed by atoms with Crippen LogP contribution in [0.25, 0.3) is 5.76 Å². The highest BCUT2D eigenvalue weighted by Crippen LogP contribution is 2.44. The number of nitro groups is 1. The smallest absolute Gasteiger partial charge is 0.301 e. The van der Waals surface area contributed by atoms with Crippen LogP contribution in [0.1, 0.15) is 22.7 Å². The van der Waals surface area contributed by atoms with E-state index in [1.54, 1.807) is 18.2 Å². The van der Waals surface area contributed by atoms with E-state index >= 15 is 0 Å². The van der Waals surface area contributed by atoms with E-state index < -0.39 is 28.4 Å². The van der Waals surface area contributed by atoms with E-state index in [1.807, 2.05) is 0 Å². The predicted molar refractivity (Wildman–Crippen MR) is 138 cm³/mol. The number of thioether (sulfide) groups is 1. The summed E-state index contributed by atoms with van der Waals surface area (Å²) in [5.41, 5.74) is 0.424. The molecule has 1 unspecified atom stereocenters. The maximum absolute atomic E-state index is 14.0. The minimum atomic E-state index is -1.21. The number of pyridine rings is 1. The lowest BCUT2D eigenvalue weighted by atomic mass is 9.95. The second kappa shape index (κ2) is 10.5. The summed E-state index contributed by atoms with van der Waals surface area (Å²) in [5.74, 6) is -2.51. The molecule has 1 N–H and O–H groups in total. The Morgan fingerprint density at radius 1 is 1.11 bits per heavy atom. The third kappa shape index (κ3) is 4.76. The van der Waals surface area contributed by atoms with Gasteiger partial charge < -0.3 is 5.11 Å². The Bertz CT molecular complexity index is 1590. The highest BCUT2D eigenvalue weighted by molar-refractivity contribution is 8.00. The molecule has 1 aliphatic rings. The number of ketones is 1. The van der Waals surface area contributed by atoms with Crippen LogP contribution in [0.15, 0.2) is 83.0 Å². The maximum Gasteiger partial charge on any atom is 0.301 e. The molecule has 38 heavy (non-hydrogen) atoms. The number of halogens is 1. The number of anilines is 1. The highest BCUT2D eigenvalue weighted by atomic mass is 32.2. The van der Waals surface area contributed by atoms with Crippen molar-refractivity contribution in [3.63, 3.8) is 0 Å². The van der Waals surface area contributed by atoms with Gasteiger partial charge in [0.05, 0.1) is 16.5 Å². The molecule has 1 aliphatic heterocycles. The first-order chi connectivity index (χ1) is 18.3. The zero-order valence-electron chi connectivity index (χ0n) is 19.2. The van der Waals surface area contributed by atoms with Crippen molar-refractivity contribution in [2.45, 2.75) is 16.1 Å². The SMILES string of the molecule is O=C1C(=O)N(c2nnc(SCc3ccccc3F)s2)C(c2cccc([N+](=O)[O-])c2)C1=C(O)c1ccncc1. The van der Waals surface area contributed by atoms with Crippen molar-refractivity contribution in [1.29, 1.82) is 0 Å². The normalized spacial score (nSPS) is 16.7. The molecule has 0 radical (unpaired) electrons. The van der Waals surface area contributed by atoms with Gasteiger partial charge in [0.15, 0.2) is 4.34 Å². The van der Waals surface area contributed by atoms with Crippen LogP contribution >= 0.6 is 23.1 Å². The molecule has 0 saturated carbocycles. The summed E-state index contributed by atoms with van der Waals surface area (Å²) in [6.45, 7) is 0. The number of aliphatic hydroxyl groups excluding tert-OH is 1. The summed E-state index contributed by atoms with van der Waals surface area (Å²) in [7, 11) is 0. The third-order valence-electron chi connectivity index (χ3n) is 5.71. The molecule has 5 rings (SSSR count). The number of aliphatic hydroxyl groups is 1. The van der Waals surface area contributed by atoms with Gasteiger partial charge in [0, 0.05) is 35.8 Å². The van der Waals surface area contributed by atoms with Crippen molar-refractivity contribution in [2.75, 3.05) is 4.90 Å². The molecule has 2 aromatic carbocycles. The molecule has 10 nitrogen and oxygen atoms in total. The molecule has 0 aliphatic carbocycles. The maximum atomic E-state index is 14.0. The molecule has 1 atom stereocenters. The Morgan fingerprint density at radius 3 is 2.61 bits per heavy atom. The van der Waals surface area contributed by atoms with Gasteiger partial charge in [-0.25, -0.2) is 4.39 Å². The van der Waals surface area contributed by atoms with Crippen molar-refractivity contribution in [1.82, 2.24) is 15.2 Å². The van der Waals surface area contributed by atoms with Crippen LogP contribution in [0, 0.1) is 15.9 Å². The summed E-state index contributed by atoms with van der Waals surface area (Å²) in [6.07, 6.45) is 2.83. The van der Waals surface area contributed by atoms with Crippen LogP contribution in [0.2, 0.25) is 0 Å². The summed E-state index contributed by atoms with van der Waals surface area (Å²) in [4.78, 5) is 42.3. The first-order valence-electron chi connectivity index (χ1n) is 11.0. The molecule has 190 valence electrons. The number of hydrogen-bond acceptors (Lipinski definition) is 10. The first kappa shape index (κ1) is 25.2. The molecule has 2 aromatic heterocycles. The number of carbonyl (C=O) groups excluding carboxylic acids is 2. The fourth-order valence-corrected chi connectivity index (χ4v) is 5.79. The zero-order chi connectivity index (χ0) is 26.8. The molecule has 3 heterocycles. The third-order valence-corrected chi connectivity index (χ3v) is 7.81. The van der Waals surface area contributed by atoms with Gasteiger partial charge in [0.25, 0.3) is 11.5 Å². The van der Waals surface area contributed by atoms with Crippen molar-refractivity contribution in [3.8, 4) is 0 Å². The van der Waals surface area contributed by atoms with Gasteiger partial charge in [-0.2, -0.15) is 0 Å². The van der Waals surface area contributed by atoms with Crippen molar-refractivity contribution in [3.05, 3.63) is 111 Å². The van der Waals surface area contributed by atoms with Crippen LogP contribution in [-0.2, 0) is 15.3 Å². The molecule has 0 bridgehead atoms. The second-order valence-corrected chi connectivity index (χ2v) is 10.2. The van der Waals surface area contributed by atoms with Gasteiger partial charge >= 0.3 is 5.91 Å². The number of benzene rings is 2. The van der Waals surface area contributed by atoms with E-state index in [4.69, 9.17) is 0 Å².